The molecular weight excluding hydrogens is 236 g/mol. The molecule has 1 aliphatic rings. The Bertz CT molecular complexity index is 404. The molecule has 0 saturated carbocycles. The van der Waals surface area contributed by atoms with Gasteiger partial charge in [0, 0.05) is 25.6 Å². The van der Waals surface area contributed by atoms with Crippen LogP contribution in [0.1, 0.15) is 25.3 Å². The van der Waals surface area contributed by atoms with Gasteiger partial charge in [0.1, 0.15) is 0 Å². The monoisotopic (exact) mass is 260 g/mol. The standard InChI is InChI=1S/C16H24N2O/c1-13(11-17)16(19)18-9-5-8-15(12-18)10-14-6-3-2-4-7-14/h2-4,6-7,13,15H,5,8-12,17H2,1H3. The lowest BCUT2D eigenvalue weighted by atomic mass is 9.91. The molecule has 1 aromatic rings. The van der Waals surface area contributed by atoms with Gasteiger partial charge in [-0.1, -0.05) is 37.3 Å². The van der Waals surface area contributed by atoms with Gasteiger partial charge in [-0.3, -0.25) is 4.79 Å². The molecule has 2 rings (SSSR count). The maximum atomic E-state index is 12.2. The summed E-state index contributed by atoms with van der Waals surface area (Å²) < 4.78 is 0. The van der Waals surface area contributed by atoms with E-state index in [0.717, 1.165) is 25.9 Å². The van der Waals surface area contributed by atoms with Crippen molar-refractivity contribution in [3.8, 4) is 0 Å². The number of carbonyl (C=O) groups excluding carboxylic acids is 1. The number of nitrogens with two attached hydrogens (primary N) is 1. The van der Waals surface area contributed by atoms with E-state index in [1.165, 1.54) is 12.0 Å². The van der Waals surface area contributed by atoms with Crippen LogP contribution >= 0.6 is 0 Å². The van der Waals surface area contributed by atoms with Crippen LogP contribution in [0.15, 0.2) is 30.3 Å². The van der Waals surface area contributed by atoms with E-state index in [1.54, 1.807) is 0 Å². The summed E-state index contributed by atoms with van der Waals surface area (Å²) in [6.45, 7) is 4.15. The minimum Gasteiger partial charge on any atom is -0.342 e. The summed E-state index contributed by atoms with van der Waals surface area (Å²) in [5, 5.41) is 0. The van der Waals surface area contributed by atoms with Gasteiger partial charge >= 0.3 is 0 Å². The summed E-state index contributed by atoms with van der Waals surface area (Å²) in [4.78, 5) is 14.2. The predicted molar refractivity (Wildman–Crippen MR) is 77.7 cm³/mol. The summed E-state index contributed by atoms with van der Waals surface area (Å²) >= 11 is 0. The first-order valence-electron chi connectivity index (χ1n) is 7.23. The van der Waals surface area contributed by atoms with Gasteiger partial charge in [0.25, 0.3) is 0 Å². The number of nitrogens with zero attached hydrogens (tertiary/aromatic N) is 1. The molecule has 104 valence electrons. The molecule has 3 heteroatoms. The molecule has 0 aliphatic carbocycles. The third kappa shape index (κ3) is 3.80. The fourth-order valence-electron chi connectivity index (χ4n) is 2.79. The highest BCUT2D eigenvalue weighted by Gasteiger charge is 2.26. The molecule has 2 atom stereocenters. The van der Waals surface area contributed by atoms with Crippen LogP contribution in [0.5, 0.6) is 0 Å². The normalized spacial score (nSPS) is 21.2. The predicted octanol–water partition coefficient (Wildman–Crippen LogP) is 2.06. The summed E-state index contributed by atoms with van der Waals surface area (Å²) in [7, 11) is 0. The van der Waals surface area contributed by atoms with Crippen molar-refractivity contribution in [3.63, 3.8) is 0 Å². The highest BCUT2D eigenvalue weighted by atomic mass is 16.2. The van der Waals surface area contributed by atoms with Crippen LogP contribution in [0.25, 0.3) is 0 Å². The Labute approximate surface area is 115 Å². The van der Waals surface area contributed by atoms with Gasteiger partial charge in [-0.15, -0.1) is 0 Å². The molecule has 0 bridgehead atoms. The van der Waals surface area contributed by atoms with Crippen molar-refractivity contribution in [2.75, 3.05) is 19.6 Å². The van der Waals surface area contributed by atoms with Crippen molar-refractivity contribution < 1.29 is 4.79 Å². The van der Waals surface area contributed by atoms with Crippen LogP contribution in [-0.2, 0) is 11.2 Å². The van der Waals surface area contributed by atoms with Gasteiger partial charge in [-0.25, -0.2) is 0 Å². The molecule has 1 aliphatic heterocycles. The van der Waals surface area contributed by atoms with Crippen LogP contribution in [-0.4, -0.2) is 30.4 Å². The molecule has 3 nitrogen and oxygen atoms in total. The summed E-state index contributed by atoms with van der Waals surface area (Å²) in [6, 6.07) is 10.5. The van der Waals surface area contributed by atoms with Crippen molar-refractivity contribution in [2.45, 2.75) is 26.2 Å². The van der Waals surface area contributed by atoms with Gasteiger partial charge in [-0.05, 0) is 30.7 Å². The van der Waals surface area contributed by atoms with E-state index in [0.29, 0.717) is 12.5 Å². The molecule has 19 heavy (non-hydrogen) atoms. The largest absolute Gasteiger partial charge is 0.342 e. The van der Waals surface area contributed by atoms with Crippen LogP contribution < -0.4 is 5.73 Å². The van der Waals surface area contributed by atoms with E-state index < -0.39 is 0 Å². The fraction of sp³-hybridized carbons (Fsp3) is 0.562. The van der Waals surface area contributed by atoms with Crippen molar-refractivity contribution in [3.05, 3.63) is 35.9 Å². The number of piperidine rings is 1. The van der Waals surface area contributed by atoms with Crippen molar-refractivity contribution in [1.29, 1.82) is 0 Å². The van der Waals surface area contributed by atoms with E-state index in [1.807, 2.05) is 17.9 Å². The smallest absolute Gasteiger partial charge is 0.226 e. The highest BCUT2D eigenvalue weighted by molar-refractivity contribution is 5.78. The number of carbonyl (C=O) groups is 1. The Morgan fingerprint density at radius 3 is 2.84 bits per heavy atom. The highest BCUT2D eigenvalue weighted by Crippen LogP contribution is 2.21. The van der Waals surface area contributed by atoms with Gasteiger partial charge in [0.05, 0.1) is 0 Å². The zero-order valence-corrected chi connectivity index (χ0v) is 11.7. The number of amides is 1. The summed E-state index contributed by atoms with van der Waals surface area (Å²) in [5.74, 6) is 0.765. The Kier molecular flexibility index (Phi) is 4.97. The van der Waals surface area contributed by atoms with E-state index in [-0.39, 0.29) is 11.8 Å². The summed E-state index contributed by atoms with van der Waals surface area (Å²) in [5.41, 5.74) is 6.96. The fourth-order valence-corrected chi connectivity index (χ4v) is 2.79. The maximum Gasteiger partial charge on any atom is 0.226 e. The molecule has 2 N–H and O–H groups in total. The SMILES string of the molecule is CC(CN)C(=O)N1CCCC(Cc2ccccc2)C1. The van der Waals surface area contributed by atoms with Crippen molar-refractivity contribution >= 4 is 5.91 Å². The zero-order valence-electron chi connectivity index (χ0n) is 11.7. The third-order valence-corrected chi connectivity index (χ3v) is 3.97. The Morgan fingerprint density at radius 1 is 1.42 bits per heavy atom. The molecular formula is C16H24N2O. The van der Waals surface area contributed by atoms with Gasteiger partial charge in [0.2, 0.25) is 5.91 Å². The Morgan fingerprint density at radius 2 is 2.16 bits per heavy atom. The third-order valence-electron chi connectivity index (χ3n) is 3.97. The minimum atomic E-state index is -0.0459. The number of likely N-dealkylation sites (tertiary alicyclic amines) is 1. The molecule has 0 radical (unpaired) electrons. The topological polar surface area (TPSA) is 46.3 Å². The van der Waals surface area contributed by atoms with E-state index in [2.05, 4.69) is 24.3 Å². The van der Waals surface area contributed by atoms with Crippen molar-refractivity contribution in [2.24, 2.45) is 17.6 Å². The number of hydrogen-bond donors (Lipinski definition) is 1. The molecule has 1 heterocycles. The van der Waals surface area contributed by atoms with Gasteiger partial charge in [0.15, 0.2) is 0 Å². The second-order valence-corrected chi connectivity index (χ2v) is 5.62. The molecule has 1 fully saturated rings. The van der Waals surface area contributed by atoms with Crippen LogP contribution in [0.2, 0.25) is 0 Å². The first kappa shape index (κ1) is 14.1. The van der Waals surface area contributed by atoms with E-state index in [9.17, 15) is 4.79 Å². The van der Waals surface area contributed by atoms with Crippen LogP contribution in [0.3, 0.4) is 0 Å². The zero-order chi connectivity index (χ0) is 13.7. The van der Waals surface area contributed by atoms with E-state index in [4.69, 9.17) is 5.73 Å². The maximum absolute atomic E-state index is 12.2. The molecule has 1 amide bonds. The number of hydrogen-bond acceptors (Lipinski definition) is 2. The quantitative estimate of drug-likeness (QED) is 0.900. The Hall–Kier alpha value is -1.35. The second kappa shape index (κ2) is 6.71. The first-order chi connectivity index (χ1) is 9.20. The summed E-state index contributed by atoms with van der Waals surface area (Å²) in [6.07, 6.45) is 3.40. The minimum absolute atomic E-state index is 0.0459. The molecule has 2 unspecified atom stereocenters. The average molecular weight is 260 g/mol. The lowest BCUT2D eigenvalue weighted by molar-refractivity contribution is -0.136. The van der Waals surface area contributed by atoms with Crippen LogP contribution in [0.4, 0.5) is 0 Å². The van der Waals surface area contributed by atoms with Gasteiger partial charge in [-0.2, -0.15) is 0 Å². The van der Waals surface area contributed by atoms with Gasteiger partial charge < -0.3 is 10.6 Å². The molecule has 1 aromatic carbocycles. The lowest BCUT2D eigenvalue weighted by Gasteiger charge is -2.34. The molecule has 0 spiro atoms. The molecule has 0 aromatic heterocycles. The van der Waals surface area contributed by atoms with Crippen LogP contribution in [0, 0.1) is 11.8 Å². The molecule has 1 saturated heterocycles. The average Bonchev–Trinajstić information content (AvgIpc) is 2.47. The Balaban J connectivity index is 1.92. The first-order valence-corrected chi connectivity index (χ1v) is 7.23. The van der Waals surface area contributed by atoms with Crippen molar-refractivity contribution in [1.82, 2.24) is 4.90 Å². The van der Waals surface area contributed by atoms with E-state index >= 15 is 0 Å². The number of rotatable bonds is 4. The lowest BCUT2D eigenvalue weighted by Crippen LogP contribution is -2.44. The second-order valence-electron chi connectivity index (χ2n) is 5.62. The number of benzene rings is 1.